The summed E-state index contributed by atoms with van der Waals surface area (Å²) in [6.45, 7) is 0.561. The summed E-state index contributed by atoms with van der Waals surface area (Å²) in [7, 11) is 0. The molecule has 58 heavy (non-hydrogen) atoms. The largest absolute Gasteiger partial charge is 0.260 e. The van der Waals surface area contributed by atoms with E-state index in [2.05, 4.69) is 162 Å². The fourth-order valence-electron chi connectivity index (χ4n) is 7.72. The smallest absolute Gasteiger partial charge is 0.100 e. The van der Waals surface area contributed by atoms with Crippen LogP contribution in [0.25, 0.3) is 89.4 Å². The number of nitrogens with zero attached hydrogens (tertiary/aromatic N) is 5. The van der Waals surface area contributed by atoms with E-state index in [1.54, 1.807) is 0 Å². The number of pyridine rings is 3. The van der Waals surface area contributed by atoms with Crippen LogP contribution < -0.4 is 0 Å². The molecule has 0 bridgehead atoms. The van der Waals surface area contributed by atoms with Crippen molar-refractivity contribution in [3.05, 3.63) is 218 Å². The van der Waals surface area contributed by atoms with Crippen molar-refractivity contribution in [3.8, 4) is 78.5 Å². The zero-order chi connectivity index (χ0) is 38.7. The Morgan fingerprint density at radius 1 is 0.345 bits per heavy atom. The van der Waals surface area contributed by atoms with Crippen LogP contribution in [-0.2, 0) is 6.54 Å². The second-order valence-corrected chi connectivity index (χ2v) is 14.4. The number of aromatic nitrogens is 5. The summed E-state index contributed by atoms with van der Waals surface area (Å²) < 4.78 is 2.13. The molecule has 0 aliphatic rings. The first-order valence-corrected chi connectivity index (χ1v) is 19.5. The maximum atomic E-state index is 5.40. The third-order valence-electron chi connectivity index (χ3n) is 10.5. The van der Waals surface area contributed by atoms with Gasteiger partial charge in [-0.3, -0.25) is 14.6 Å². The van der Waals surface area contributed by atoms with Gasteiger partial charge in [-0.15, -0.1) is 0 Å². The topological polar surface area (TPSA) is 56.5 Å². The van der Waals surface area contributed by atoms with E-state index in [1.165, 1.54) is 0 Å². The minimum atomic E-state index is 0.561. The van der Waals surface area contributed by atoms with Gasteiger partial charge in [0.15, 0.2) is 0 Å². The molecule has 0 saturated carbocycles. The molecular formula is C53H37N5. The first-order valence-electron chi connectivity index (χ1n) is 19.5. The molecule has 274 valence electrons. The van der Waals surface area contributed by atoms with Gasteiger partial charge in [-0.1, -0.05) is 121 Å². The predicted octanol–water partition coefficient (Wildman–Crippen LogP) is 12.9. The zero-order valence-electron chi connectivity index (χ0n) is 31.7. The number of para-hydroxylation sites is 1. The molecule has 0 radical (unpaired) electrons. The summed E-state index contributed by atoms with van der Waals surface area (Å²) >= 11 is 0. The van der Waals surface area contributed by atoms with Crippen LogP contribution >= 0.6 is 0 Å². The normalized spacial score (nSPS) is 11.2. The second kappa shape index (κ2) is 15.4. The standard InChI is InChI=1S/C53H37N5/c1-4-16-38(17-5-1)41-28-37(29-43(30-41)51-35-42(39-18-6-2-7-19-39)34-50(56-51)40-20-8-3-9-21-40)36-58-52-25-11-10-22-47(52)53(57-58)46-32-44(48-23-12-14-26-54-48)31-45(33-46)49-24-13-15-27-55-49/h1-35H,36H2. The van der Waals surface area contributed by atoms with Gasteiger partial charge in [0.1, 0.15) is 5.69 Å². The molecule has 4 heterocycles. The maximum Gasteiger partial charge on any atom is 0.100 e. The van der Waals surface area contributed by atoms with Crippen LogP contribution in [0.3, 0.4) is 0 Å². The molecule has 4 aromatic heterocycles. The number of rotatable bonds is 9. The van der Waals surface area contributed by atoms with E-state index in [0.29, 0.717) is 6.54 Å². The van der Waals surface area contributed by atoms with Gasteiger partial charge in [0.2, 0.25) is 0 Å². The summed E-state index contributed by atoms with van der Waals surface area (Å²) in [6, 6.07) is 69.8. The summed E-state index contributed by atoms with van der Waals surface area (Å²) in [4.78, 5) is 14.7. The molecule has 6 aromatic carbocycles. The van der Waals surface area contributed by atoms with E-state index < -0.39 is 0 Å². The van der Waals surface area contributed by atoms with E-state index >= 15 is 0 Å². The fraction of sp³-hybridized carbons (Fsp3) is 0.0189. The summed E-state index contributed by atoms with van der Waals surface area (Å²) in [5, 5.41) is 6.48. The summed E-state index contributed by atoms with van der Waals surface area (Å²) in [5.74, 6) is 0. The van der Waals surface area contributed by atoms with E-state index in [1.807, 2.05) is 54.9 Å². The van der Waals surface area contributed by atoms with Crippen molar-refractivity contribution in [2.45, 2.75) is 6.54 Å². The first kappa shape index (κ1) is 34.7. The molecule has 0 spiro atoms. The Balaban J connectivity index is 1.12. The quantitative estimate of drug-likeness (QED) is 0.148. The Labute approximate surface area is 337 Å². The molecule has 5 nitrogen and oxygen atoms in total. The molecule has 10 rings (SSSR count). The molecule has 0 unspecified atom stereocenters. The lowest BCUT2D eigenvalue weighted by molar-refractivity contribution is 0.715. The molecule has 0 aliphatic heterocycles. The van der Waals surface area contributed by atoms with Crippen molar-refractivity contribution in [2.75, 3.05) is 0 Å². The highest BCUT2D eigenvalue weighted by molar-refractivity contribution is 5.95. The lowest BCUT2D eigenvalue weighted by atomic mass is 9.96. The van der Waals surface area contributed by atoms with Gasteiger partial charge in [0.05, 0.1) is 34.8 Å². The number of hydrogen-bond donors (Lipinski definition) is 0. The number of fused-ring (bicyclic) bond motifs is 1. The van der Waals surface area contributed by atoms with E-state index in [0.717, 1.165) is 95.0 Å². The Morgan fingerprint density at radius 3 is 1.41 bits per heavy atom. The van der Waals surface area contributed by atoms with Crippen LogP contribution in [0.4, 0.5) is 0 Å². The Kier molecular flexibility index (Phi) is 9.22. The molecule has 0 saturated heterocycles. The van der Waals surface area contributed by atoms with Crippen LogP contribution in [0.1, 0.15) is 5.56 Å². The van der Waals surface area contributed by atoms with Crippen LogP contribution in [0.5, 0.6) is 0 Å². The third-order valence-corrected chi connectivity index (χ3v) is 10.5. The van der Waals surface area contributed by atoms with Crippen LogP contribution in [0, 0.1) is 0 Å². The minimum Gasteiger partial charge on any atom is -0.260 e. The molecule has 0 atom stereocenters. The van der Waals surface area contributed by atoms with Gasteiger partial charge < -0.3 is 0 Å². The highest BCUT2D eigenvalue weighted by Gasteiger charge is 2.18. The van der Waals surface area contributed by atoms with Crippen LogP contribution in [0.2, 0.25) is 0 Å². The SMILES string of the molecule is c1ccc(-c2cc(Cn3nc(-c4cc(-c5ccccn5)cc(-c5ccccn5)c4)c4ccccc43)cc(-c3cc(-c4ccccc4)cc(-c4ccccc4)n3)c2)cc1. The molecule has 0 aliphatic carbocycles. The predicted molar refractivity (Wildman–Crippen MR) is 237 cm³/mol. The zero-order valence-corrected chi connectivity index (χ0v) is 31.7. The van der Waals surface area contributed by atoms with E-state index in [9.17, 15) is 0 Å². The molecule has 0 fully saturated rings. The van der Waals surface area contributed by atoms with Gasteiger partial charge in [-0.2, -0.15) is 5.10 Å². The highest BCUT2D eigenvalue weighted by Crippen LogP contribution is 2.37. The average molecular weight is 744 g/mol. The third kappa shape index (κ3) is 7.09. The minimum absolute atomic E-state index is 0.561. The Morgan fingerprint density at radius 2 is 0.810 bits per heavy atom. The van der Waals surface area contributed by atoms with Crippen molar-refractivity contribution < 1.29 is 0 Å². The van der Waals surface area contributed by atoms with Crippen molar-refractivity contribution in [1.29, 1.82) is 0 Å². The Bertz CT molecular complexity index is 2880. The molecule has 5 heteroatoms. The second-order valence-electron chi connectivity index (χ2n) is 14.4. The van der Waals surface area contributed by atoms with Gasteiger partial charge in [0, 0.05) is 45.6 Å². The van der Waals surface area contributed by atoms with Crippen molar-refractivity contribution >= 4 is 10.9 Å². The van der Waals surface area contributed by atoms with Crippen molar-refractivity contribution in [1.82, 2.24) is 24.7 Å². The van der Waals surface area contributed by atoms with Gasteiger partial charge in [0.25, 0.3) is 0 Å². The van der Waals surface area contributed by atoms with Crippen molar-refractivity contribution in [3.63, 3.8) is 0 Å². The first-order chi connectivity index (χ1) is 28.7. The maximum absolute atomic E-state index is 5.40. The van der Waals surface area contributed by atoms with Crippen molar-refractivity contribution in [2.24, 2.45) is 0 Å². The van der Waals surface area contributed by atoms with Crippen LogP contribution in [-0.4, -0.2) is 24.7 Å². The summed E-state index contributed by atoms with van der Waals surface area (Å²) in [6.07, 6.45) is 3.67. The van der Waals surface area contributed by atoms with E-state index in [4.69, 9.17) is 20.1 Å². The van der Waals surface area contributed by atoms with Crippen LogP contribution in [0.15, 0.2) is 213 Å². The fourth-order valence-corrected chi connectivity index (χ4v) is 7.72. The lowest BCUT2D eigenvalue weighted by Crippen LogP contribution is -2.03. The lowest BCUT2D eigenvalue weighted by Gasteiger charge is -2.14. The van der Waals surface area contributed by atoms with Gasteiger partial charge in [-0.25, -0.2) is 4.98 Å². The van der Waals surface area contributed by atoms with Gasteiger partial charge >= 0.3 is 0 Å². The monoisotopic (exact) mass is 743 g/mol. The number of benzene rings is 6. The molecule has 10 aromatic rings. The molecular weight excluding hydrogens is 707 g/mol. The Hall–Kier alpha value is -7.76. The summed E-state index contributed by atoms with van der Waals surface area (Å²) in [5.41, 5.74) is 16.4. The molecule has 0 amide bonds. The highest BCUT2D eigenvalue weighted by atomic mass is 15.3. The molecule has 0 N–H and O–H groups in total. The number of hydrogen-bond acceptors (Lipinski definition) is 4. The average Bonchev–Trinajstić information content (AvgIpc) is 3.68. The van der Waals surface area contributed by atoms with E-state index in [-0.39, 0.29) is 0 Å². The van der Waals surface area contributed by atoms with Gasteiger partial charge in [-0.05, 0) is 107 Å².